The second-order valence-corrected chi connectivity index (χ2v) is 6.50. The van der Waals surface area contributed by atoms with Crippen molar-refractivity contribution in [3.63, 3.8) is 0 Å². The molecule has 3 rings (SSSR count). The fraction of sp³-hybridized carbons (Fsp3) is 0.562. The van der Waals surface area contributed by atoms with Gasteiger partial charge in [-0.05, 0) is 49.8 Å². The lowest BCUT2D eigenvalue weighted by atomic mass is 9.77. The van der Waals surface area contributed by atoms with Gasteiger partial charge in [0.2, 0.25) is 0 Å². The van der Waals surface area contributed by atoms with E-state index in [1.165, 1.54) is 12.5 Å². The number of rotatable bonds is 2. The molecule has 1 amide bonds. The Morgan fingerprint density at radius 2 is 2.00 bits per heavy atom. The molecular formula is C16H22ClN3O3. The predicted molar refractivity (Wildman–Crippen MR) is 90.1 cm³/mol. The van der Waals surface area contributed by atoms with E-state index in [-0.39, 0.29) is 29.6 Å². The molecule has 6 nitrogen and oxygen atoms in total. The summed E-state index contributed by atoms with van der Waals surface area (Å²) in [6.07, 6.45) is 3.12. The van der Waals surface area contributed by atoms with E-state index in [9.17, 15) is 14.9 Å². The fourth-order valence-corrected chi connectivity index (χ4v) is 3.56. The molecule has 0 aliphatic carbocycles. The molecule has 2 fully saturated rings. The normalized spacial score (nSPS) is 19.4. The van der Waals surface area contributed by atoms with Crippen LogP contribution in [0.1, 0.15) is 35.2 Å². The maximum atomic E-state index is 12.7. The smallest absolute Gasteiger partial charge is 0.282 e. The van der Waals surface area contributed by atoms with E-state index < -0.39 is 4.92 Å². The standard InChI is InChI=1S/C16H21N3O3.ClH/c1-12-2-3-14(19(21)22)13(10-12)15(20)18-8-5-16(6-9-18)4-7-17-11-16;/h2-3,10,17H,4-9,11H2,1H3;1H. The zero-order valence-electron chi connectivity index (χ0n) is 13.2. The van der Waals surface area contributed by atoms with Crippen LogP contribution >= 0.6 is 12.4 Å². The molecule has 1 N–H and O–H groups in total. The van der Waals surface area contributed by atoms with E-state index in [1.54, 1.807) is 17.0 Å². The van der Waals surface area contributed by atoms with Crippen LogP contribution in [0.3, 0.4) is 0 Å². The summed E-state index contributed by atoms with van der Waals surface area (Å²) in [6.45, 7) is 5.30. The van der Waals surface area contributed by atoms with Crippen LogP contribution in [0, 0.1) is 22.5 Å². The first-order chi connectivity index (χ1) is 10.5. The van der Waals surface area contributed by atoms with Gasteiger partial charge in [0, 0.05) is 25.7 Å². The van der Waals surface area contributed by atoms with Crippen LogP contribution in [0.25, 0.3) is 0 Å². The first-order valence-electron chi connectivity index (χ1n) is 7.76. The molecule has 7 heteroatoms. The number of amides is 1. The minimum Gasteiger partial charge on any atom is -0.338 e. The Morgan fingerprint density at radius 3 is 2.57 bits per heavy atom. The Morgan fingerprint density at radius 1 is 1.30 bits per heavy atom. The van der Waals surface area contributed by atoms with E-state index in [0.717, 1.165) is 31.5 Å². The topological polar surface area (TPSA) is 75.5 Å². The van der Waals surface area contributed by atoms with Gasteiger partial charge < -0.3 is 10.2 Å². The van der Waals surface area contributed by atoms with E-state index in [4.69, 9.17) is 0 Å². The number of aryl methyl sites for hydroxylation is 1. The lowest BCUT2D eigenvalue weighted by Crippen LogP contribution is -2.44. The second-order valence-electron chi connectivity index (χ2n) is 6.50. The van der Waals surface area contributed by atoms with Crippen molar-refractivity contribution in [3.8, 4) is 0 Å². The van der Waals surface area contributed by atoms with Crippen LogP contribution in [-0.4, -0.2) is 41.9 Å². The van der Waals surface area contributed by atoms with Crippen molar-refractivity contribution in [2.24, 2.45) is 5.41 Å². The average Bonchev–Trinajstić information content (AvgIpc) is 2.95. The van der Waals surface area contributed by atoms with Crippen LogP contribution < -0.4 is 5.32 Å². The van der Waals surface area contributed by atoms with Gasteiger partial charge in [0.25, 0.3) is 11.6 Å². The summed E-state index contributed by atoms with van der Waals surface area (Å²) in [5, 5.41) is 14.5. The highest BCUT2D eigenvalue weighted by Gasteiger charge is 2.38. The molecule has 0 bridgehead atoms. The highest BCUT2D eigenvalue weighted by molar-refractivity contribution is 5.98. The molecule has 126 valence electrons. The summed E-state index contributed by atoms with van der Waals surface area (Å²) in [5.41, 5.74) is 1.31. The van der Waals surface area contributed by atoms with Gasteiger partial charge in [-0.2, -0.15) is 0 Å². The Balaban J connectivity index is 0.00000192. The Labute approximate surface area is 141 Å². The number of benzene rings is 1. The van der Waals surface area contributed by atoms with Gasteiger partial charge in [0.1, 0.15) is 5.56 Å². The number of hydrogen-bond acceptors (Lipinski definition) is 4. The van der Waals surface area contributed by atoms with E-state index in [2.05, 4.69) is 5.32 Å². The molecule has 1 spiro atoms. The maximum absolute atomic E-state index is 12.7. The number of halogens is 1. The zero-order valence-corrected chi connectivity index (χ0v) is 14.0. The highest BCUT2D eigenvalue weighted by atomic mass is 35.5. The van der Waals surface area contributed by atoms with Gasteiger partial charge in [-0.3, -0.25) is 14.9 Å². The first kappa shape index (κ1) is 17.7. The van der Waals surface area contributed by atoms with Crippen molar-refractivity contribution in [1.82, 2.24) is 10.2 Å². The molecule has 1 aromatic carbocycles. The van der Waals surface area contributed by atoms with Gasteiger partial charge in [0.05, 0.1) is 4.92 Å². The number of nitro groups is 1. The fourth-order valence-electron chi connectivity index (χ4n) is 3.56. The minimum absolute atomic E-state index is 0. The number of nitrogens with one attached hydrogen (secondary N) is 1. The van der Waals surface area contributed by atoms with Crippen LogP contribution in [-0.2, 0) is 0 Å². The number of carbonyl (C=O) groups is 1. The molecule has 0 aromatic heterocycles. The third-order valence-corrected chi connectivity index (χ3v) is 5.02. The number of piperidine rings is 1. The average molecular weight is 340 g/mol. The third kappa shape index (κ3) is 3.48. The number of likely N-dealkylation sites (tertiary alicyclic amines) is 1. The number of hydrogen-bond donors (Lipinski definition) is 1. The van der Waals surface area contributed by atoms with Crippen molar-refractivity contribution >= 4 is 24.0 Å². The number of nitrogens with zero attached hydrogens (tertiary/aromatic N) is 2. The van der Waals surface area contributed by atoms with Crippen molar-refractivity contribution < 1.29 is 9.72 Å². The van der Waals surface area contributed by atoms with Gasteiger partial charge in [-0.15, -0.1) is 12.4 Å². The van der Waals surface area contributed by atoms with Crippen molar-refractivity contribution in [1.29, 1.82) is 0 Å². The summed E-state index contributed by atoms with van der Waals surface area (Å²) >= 11 is 0. The predicted octanol–water partition coefficient (Wildman–Crippen LogP) is 2.54. The molecule has 0 unspecified atom stereocenters. The van der Waals surface area contributed by atoms with Crippen LogP contribution in [0.4, 0.5) is 5.69 Å². The van der Waals surface area contributed by atoms with Gasteiger partial charge in [-0.1, -0.05) is 6.07 Å². The van der Waals surface area contributed by atoms with Gasteiger partial charge in [0.15, 0.2) is 0 Å². The summed E-state index contributed by atoms with van der Waals surface area (Å²) in [4.78, 5) is 25.1. The van der Waals surface area contributed by atoms with Crippen LogP contribution in [0.5, 0.6) is 0 Å². The first-order valence-corrected chi connectivity index (χ1v) is 7.76. The van der Waals surface area contributed by atoms with Crippen LogP contribution in [0.2, 0.25) is 0 Å². The molecule has 2 saturated heterocycles. The van der Waals surface area contributed by atoms with E-state index in [1.807, 2.05) is 6.92 Å². The lowest BCUT2D eigenvalue weighted by molar-refractivity contribution is -0.385. The number of nitro benzene ring substituents is 1. The lowest BCUT2D eigenvalue weighted by Gasteiger charge is -2.38. The Bertz CT molecular complexity index is 605. The van der Waals surface area contributed by atoms with Crippen molar-refractivity contribution in [2.45, 2.75) is 26.2 Å². The van der Waals surface area contributed by atoms with E-state index >= 15 is 0 Å². The summed E-state index contributed by atoms with van der Waals surface area (Å²) in [5.74, 6) is -0.212. The molecular weight excluding hydrogens is 318 g/mol. The Kier molecular flexibility index (Phi) is 5.26. The monoisotopic (exact) mass is 339 g/mol. The maximum Gasteiger partial charge on any atom is 0.282 e. The molecule has 0 radical (unpaired) electrons. The molecule has 23 heavy (non-hydrogen) atoms. The zero-order chi connectivity index (χ0) is 15.7. The van der Waals surface area contributed by atoms with Crippen molar-refractivity contribution in [3.05, 3.63) is 39.4 Å². The molecule has 1 aromatic rings. The highest BCUT2D eigenvalue weighted by Crippen LogP contribution is 2.37. The molecule has 2 aliphatic heterocycles. The van der Waals surface area contributed by atoms with Crippen molar-refractivity contribution in [2.75, 3.05) is 26.2 Å². The Hall–Kier alpha value is -1.66. The third-order valence-electron chi connectivity index (χ3n) is 5.02. The summed E-state index contributed by atoms with van der Waals surface area (Å²) in [6, 6.07) is 4.72. The quantitative estimate of drug-likeness (QED) is 0.663. The molecule has 2 heterocycles. The molecule has 2 aliphatic rings. The second kappa shape index (κ2) is 6.84. The number of carbonyl (C=O) groups excluding carboxylic acids is 1. The van der Waals surface area contributed by atoms with Gasteiger partial charge in [-0.25, -0.2) is 0 Å². The minimum atomic E-state index is -0.473. The largest absolute Gasteiger partial charge is 0.338 e. The summed E-state index contributed by atoms with van der Waals surface area (Å²) in [7, 11) is 0. The van der Waals surface area contributed by atoms with Crippen LogP contribution in [0.15, 0.2) is 18.2 Å². The SMILES string of the molecule is Cc1ccc([N+](=O)[O-])c(C(=O)N2CCC3(CCNC3)CC2)c1.Cl. The summed E-state index contributed by atoms with van der Waals surface area (Å²) < 4.78 is 0. The van der Waals surface area contributed by atoms with Gasteiger partial charge >= 0.3 is 0 Å². The molecule has 0 atom stereocenters. The molecule has 0 saturated carbocycles. The van der Waals surface area contributed by atoms with E-state index in [0.29, 0.717) is 18.5 Å².